The zero-order valence-corrected chi connectivity index (χ0v) is 10.6. The summed E-state index contributed by atoms with van der Waals surface area (Å²) in [7, 11) is 0. The van der Waals surface area contributed by atoms with Gasteiger partial charge in [0.15, 0.2) is 0 Å². The Balaban J connectivity index is 0.000000845. The topological polar surface area (TPSA) is 9.23 Å². The molecule has 0 fully saturated rings. The molecule has 2 rings (SSSR count). The van der Waals surface area contributed by atoms with Gasteiger partial charge in [-0.05, 0) is 6.42 Å². The van der Waals surface area contributed by atoms with Crippen LogP contribution < -0.4 is 4.74 Å². The van der Waals surface area contributed by atoms with Gasteiger partial charge in [-0.3, -0.25) is 0 Å². The van der Waals surface area contributed by atoms with Crippen LogP contribution in [0.5, 0.6) is 5.75 Å². The molecule has 1 heterocycles. The minimum atomic E-state index is 0. The number of ether oxygens (including phenoxy) is 1. The van der Waals surface area contributed by atoms with Crippen molar-refractivity contribution in [1.82, 2.24) is 0 Å². The van der Waals surface area contributed by atoms with Crippen LogP contribution in [0.3, 0.4) is 0 Å². The van der Waals surface area contributed by atoms with Crippen LogP contribution in [-0.4, -0.2) is 6.61 Å². The molecular weight excluding hydrogens is 334 g/mol. The minimum Gasteiger partial charge on any atom is -0.551 e. The van der Waals surface area contributed by atoms with Crippen LogP contribution in [0.2, 0.25) is 0 Å². The average molecular weight is 347 g/mol. The Bertz CT molecular complexity index is 296. The zero-order chi connectivity index (χ0) is 8.55. The van der Waals surface area contributed by atoms with E-state index in [0.29, 0.717) is 0 Å². The second kappa shape index (κ2) is 4.18. The van der Waals surface area contributed by atoms with E-state index in [2.05, 4.69) is 32.0 Å². The maximum absolute atomic E-state index is 5.53. The van der Waals surface area contributed by atoms with Crippen molar-refractivity contribution in [3.63, 3.8) is 0 Å². The summed E-state index contributed by atoms with van der Waals surface area (Å²) in [6.07, 6.45) is 1.07. The molecule has 1 nitrogen and oxygen atoms in total. The number of benzene rings is 1. The van der Waals surface area contributed by atoms with Gasteiger partial charge in [0, 0.05) is 26.2 Å². The first-order valence-corrected chi connectivity index (χ1v) is 4.33. The van der Waals surface area contributed by atoms with Gasteiger partial charge < -0.3 is 4.74 Å². The summed E-state index contributed by atoms with van der Waals surface area (Å²) >= 11 is 0. The number of rotatable bonds is 0. The normalized spacial score (nSPS) is 14.2. The van der Waals surface area contributed by atoms with Crippen LogP contribution in [0.25, 0.3) is 0 Å². The first kappa shape index (κ1) is 10.6. The molecular formula is C11H13ORe-. The van der Waals surface area contributed by atoms with Gasteiger partial charge in [0.2, 0.25) is 0 Å². The van der Waals surface area contributed by atoms with Crippen LogP contribution in [0.4, 0.5) is 0 Å². The van der Waals surface area contributed by atoms with E-state index in [0.717, 1.165) is 18.8 Å². The summed E-state index contributed by atoms with van der Waals surface area (Å²) in [5.41, 5.74) is 2.60. The van der Waals surface area contributed by atoms with E-state index >= 15 is 0 Å². The summed E-state index contributed by atoms with van der Waals surface area (Å²) in [6.45, 7) is 5.13. The molecule has 1 aliphatic heterocycles. The second-order valence-corrected chi connectivity index (χ2v) is 3.38. The van der Waals surface area contributed by atoms with E-state index < -0.39 is 0 Å². The first-order chi connectivity index (χ1) is 5.77. The van der Waals surface area contributed by atoms with Crippen molar-refractivity contribution >= 4 is 0 Å². The third-order valence-corrected chi connectivity index (χ3v) is 2.33. The fraction of sp³-hybridized carbons (Fsp3) is 0.364. The summed E-state index contributed by atoms with van der Waals surface area (Å²) in [5, 5.41) is 0. The van der Waals surface area contributed by atoms with E-state index in [1.807, 2.05) is 0 Å². The van der Waals surface area contributed by atoms with Crippen LogP contribution in [0.1, 0.15) is 24.5 Å². The fourth-order valence-corrected chi connectivity index (χ4v) is 1.55. The van der Waals surface area contributed by atoms with E-state index in [1.165, 1.54) is 17.0 Å². The molecule has 0 spiro atoms. The largest absolute Gasteiger partial charge is 0.551 e. The molecule has 0 bridgehead atoms. The third-order valence-electron chi connectivity index (χ3n) is 2.33. The van der Waals surface area contributed by atoms with Crippen molar-refractivity contribution in [2.45, 2.75) is 20.3 Å². The molecule has 1 aliphatic rings. The molecule has 1 aromatic carbocycles. The number of hydrogen-bond acceptors (Lipinski definition) is 1. The van der Waals surface area contributed by atoms with Gasteiger partial charge in [-0.25, -0.2) is 0 Å². The van der Waals surface area contributed by atoms with Crippen molar-refractivity contribution in [3.8, 4) is 5.75 Å². The molecule has 2 heteroatoms. The molecule has 1 radical (unpaired) electrons. The Morgan fingerprint density at radius 3 is 2.92 bits per heavy atom. The molecule has 0 amide bonds. The molecule has 0 atom stereocenters. The predicted octanol–water partition coefficient (Wildman–Crippen LogP) is 2.72. The van der Waals surface area contributed by atoms with E-state index in [-0.39, 0.29) is 20.4 Å². The van der Waals surface area contributed by atoms with Gasteiger partial charge in [0.1, 0.15) is 0 Å². The molecule has 0 saturated carbocycles. The minimum absolute atomic E-state index is 0. The molecule has 0 aromatic heterocycles. The van der Waals surface area contributed by atoms with Crippen molar-refractivity contribution in [2.75, 3.05) is 6.61 Å². The van der Waals surface area contributed by atoms with Gasteiger partial charge in [0.25, 0.3) is 0 Å². The first-order valence-electron chi connectivity index (χ1n) is 4.33. The Labute approximate surface area is 93.1 Å². The van der Waals surface area contributed by atoms with Crippen molar-refractivity contribution in [2.24, 2.45) is 0 Å². The molecule has 71 valence electrons. The monoisotopic (exact) mass is 348 g/mol. The smallest absolute Gasteiger partial charge is 0.0648 e. The number of aryl methyl sites for hydroxylation is 1. The fourth-order valence-electron chi connectivity index (χ4n) is 1.55. The quantitative estimate of drug-likeness (QED) is 0.656. The SMILES string of the molecule is Cc1ccc2c(c1)[C-](C)CCO2.[Re]. The molecule has 0 aliphatic carbocycles. The summed E-state index contributed by atoms with van der Waals surface area (Å²) in [6, 6.07) is 6.36. The van der Waals surface area contributed by atoms with Crippen LogP contribution in [0, 0.1) is 12.8 Å². The van der Waals surface area contributed by atoms with Crippen LogP contribution in [0.15, 0.2) is 18.2 Å². The van der Waals surface area contributed by atoms with E-state index in [4.69, 9.17) is 4.74 Å². The average Bonchev–Trinajstić information content (AvgIpc) is 2.07. The molecule has 13 heavy (non-hydrogen) atoms. The Kier molecular flexibility index (Phi) is 3.41. The van der Waals surface area contributed by atoms with E-state index in [1.54, 1.807) is 0 Å². The van der Waals surface area contributed by atoms with Crippen LogP contribution >= 0.6 is 0 Å². The molecule has 0 saturated heterocycles. The Morgan fingerprint density at radius 2 is 2.15 bits per heavy atom. The van der Waals surface area contributed by atoms with Gasteiger partial charge >= 0.3 is 0 Å². The Hall–Kier alpha value is -0.448. The van der Waals surface area contributed by atoms with Crippen molar-refractivity contribution in [1.29, 1.82) is 0 Å². The third kappa shape index (κ3) is 2.07. The summed E-state index contributed by atoms with van der Waals surface area (Å²) in [4.78, 5) is 0. The zero-order valence-electron chi connectivity index (χ0n) is 7.93. The Morgan fingerprint density at radius 1 is 1.38 bits per heavy atom. The molecule has 0 unspecified atom stereocenters. The maximum atomic E-state index is 5.53. The van der Waals surface area contributed by atoms with Crippen LogP contribution in [-0.2, 0) is 20.4 Å². The second-order valence-electron chi connectivity index (χ2n) is 3.38. The van der Waals surface area contributed by atoms with Crippen molar-refractivity contribution in [3.05, 3.63) is 35.2 Å². The number of hydrogen-bond donors (Lipinski definition) is 0. The van der Waals surface area contributed by atoms with Gasteiger partial charge in [-0.15, -0.1) is 11.1 Å². The standard InChI is InChI=1S/C11H13O.Re/c1-8-3-4-11-10(7-8)9(2)5-6-12-11;/h3-4,7H,5-6H2,1-2H3;/q-1;. The summed E-state index contributed by atoms with van der Waals surface area (Å²) < 4.78 is 5.53. The van der Waals surface area contributed by atoms with Crippen molar-refractivity contribution < 1.29 is 25.2 Å². The predicted molar refractivity (Wildman–Crippen MR) is 49.3 cm³/mol. The van der Waals surface area contributed by atoms with Gasteiger partial charge in [0.05, 0.1) is 6.61 Å². The number of fused-ring (bicyclic) bond motifs is 1. The molecule has 1 aromatic rings. The molecule has 0 N–H and O–H groups in total. The maximum Gasteiger partial charge on any atom is 0.0648 e. The van der Waals surface area contributed by atoms with Gasteiger partial charge in [-0.1, -0.05) is 26.0 Å². The van der Waals surface area contributed by atoms with E-state index in [9.17, 15) is 0 Å². The van der Waals surface area contributed by atoms with Gasteiger partial charge in [-0.2, -0.15) is 12.0 Å². The summed E-state index contributed by atoms with van der Waals surface area (Å²) in [5.74, 6) is 2.49.